The molecule has 2 aromatic rings. The molecule has 1 heterocycles. The fraction of sp³-hybridized carbons (Fsp3) is 0.514. The maximum Gasteiger partial charge on any atom is 0.408 e. The molecule has 3 aliphatic rings. The number of rotatable bonds is 10. The average Bonchev–Trinajstić information content (AvgIpc) is 3.96. The zero-order valence-electron chi connectivity index (χ0n) is 29.5. The summed E-state index contributed by atoms with van der Waals surface area (Å²) in [6.07, 6.45) is 1.44. The molecule has 3 fully saturated rings. The fourth-order valence-corrected chi connectivity index (χ4v) is 7.79. The summed E-state index contributed by atoms with van der Waals surface area (Å²) in [6, 6.07) is 14.4. The number of carbonyl (C=O) groups is 4. The van der Waals surface area contributed by atoms with E-state index in [-0.39, 0.29) is 19.4 Å². The van der Waals surface area contributed by atoms with Crippen molar-refractivity contribution >= 4 is 33.8 Å². The first kappa shape index (κ1) is 37.0. The highest BCUT2D eigenvalue weighted by atomic mass is 32.2. The van der Waals surface area contributed by atoms with Crippen LogP contribution in [0.5, 0.6) is 0 Å². The number of aliphatic hydroxyl groups is 1. The van der Waals surface area contributed by atoms with Crippen molar-refractivity contribution in [2.24, 2.45) is 11.3 Å². The van der Waals surface area contributed by atoms with Gasteiger partial charge in [0.15, 0.2) is 0 Å². The maximum atomic E-state index is 14.5. The number of benzene rings is 2. The van der Waals surface area contributed by atoms with Crippen molar-refractivity contribution in [3.05, 3.63) is 72.8 Å². The number of nitrogens with zero attached hydrogens (tertiary/aromatic N) is 1. The van der Waals surface area contributed by atoms with Gasteiger partial charge in [-0.25, -0.2) is 13.2 Å². The van der Waals surface area contributed by atoms with E-state index in [1.165, 1.54) is 11.0 Å². The Bertz CT molecular complexity index is 1760. The van der Waals surface area contributed by atoms with E-state index in [2.05, 4.69) is 21.9 Å². The molecule has 5 atom stereocenters. The number of hydrogen-bond acceptors (Lipinski definition) is 8. The van der Waals surface area contributed by atoms with Gasteiger partial charge in [-0.15, -0.1) is 6.58 Å². The smallest absolute Gasteiger partial charge is 0.408 e. The molecule has 0 aromatic heterocycles. The maximum absolute atomic E-state index is 14.5. The Morgan fingerprint density at radius 2 is 1.56 bits per heavy atom. The number of likely N-dealkylation sites (tertiary alicyclic amines) is 1. The molecule has 13 heteroatoms. The molecule has 2 aromatic carbocycles. The lowest BCUT2D eigenvalue weighted by Gasteiger charge is -2.36. The van der Waals surface area contributed by atoms with Gasteiger partial charge in [0.25, 0.3) is 5.91 Å². The van der Waals surface area contributed by atoms with Gasteiger partial charge < -0.3 is 25.4 Å². The first-order chi connectivity index (χ1) is 23.2. The van der Waals surface area contributed by atoms with Crippen LogP contribution in [0.15, 0.2) is 67.3 Å². The summed E-state index contributed by atoms with van der Waals surface area (Å²) < 4.78 is 32.9. The summed E-state index contributed by atoms with van der Waals surface area (Å²) >= 11 is 0. The molecule has 0 radical (unpaired) electrons. The first-order valence-electron chi connectivity index (χ1n) is 16.9. The predicted molar refractivity (Wildman–Crippen MR) is 188 cm³/mol. The van der Waals surface area contributed by atoms with Gasteiger partial charge >= 0.3 is 6.09 Å². The van der Waals surface area contributed by atoms with Gasteiger partial charge in [-0.1, -0.05) is 81.4 Å². The quantitative estimate of drug-likeness (QED) is 0.271. The molecule has 0 spiro atoms. The highest BCUT2D eigenvalue weighted by molar-refractivity contribution is 7.91. The van der Waals surface area contributed by atoms with Crippen LogP contribution < -0.4 is 15.4 Å². The van der Waals surface area contributed by atoms with Crippen molar-refractivity contribution in [2.75, 3.05) is 6.54 Å². The third kappa shape index (κ3) is 7.88. The van der Waals surface area contributed by atoms with E-state index >= 15 is 0 Å². The van der Waals surface area contributed by atoms with Gasteiger partial charge in [-0.05, 0) is 62.1 Å². The van der Waals surface area contributed by atoms with E-state index in [1.54, 1.807) is 53.7 Å². The zero-order valence-corrected chi connectivity index (χ0v) is 30.3. The van der Waals surface area contributed by atoms with E-state index in [0.29, 0.717) is 18.4 Å². The fourth-order valence-electron chi connectivity index (χ4n) is 6.42. The number of ether oxygens (including phenoxy) is 1. The molecular weight excluding hydrogens is 660 g/mol. The van der Waals surface area contributed by atoms with E-state index in [1.807, 2.05) is 42.5 Å². The highest BCUT2D eigenvalue weighted by Gasteiger charge is 2.62. The minimum atomic E-state index is -3.91. The van der Waals surface area contributed by atoms with Crippen molar-refractivity contribution in [1.29, 1.82) is 0 Å². The van der Waals surface area contributed by atoms with Crippen LogP contribution in [0, 0.1) is 11.3 Å². The minimum absolute atomic E-state index is 0.116. The van der Waals surface area contributed by atoms with Crippen molar-refractivity contribution < 1.29 is 37.4 Å². The van der Waals surface area contributed by atoms with Crippen molar-refractivity contribution in [2.45, 2.75) is 101 Å². The SMILES string of the molecule is C=C[C@@H]1C[C@]1(NC(=O)[C@@H]1C[C@@](O)(c2ccc(-c3ccccc3)cc2)CN1C(=O)[C@@H](NC(=O)OC(C)(C)C)C(C)(C)C)C(=O)NS(=O)(=O)C1CC1. The largest absolute Gasteiger partial charge is 0.444 e. The molecule has 2 saturated carbocycles. The Morgan fingerprint density at radius 3 is 2.08 bits per heavy atom. The number of carbonyl (C=O) groups excluding carboxylic acids is 4. The normalized spacial score (nSPS) is 25.6. The standard InChI is InChI=1S/C37H48N4O8S/c1-8-25-20-37(25,32(44)40-50(47,48)27-18-19-27)39-30(42)28-21-36(46,26-16-14-24(15-17-26)23-12-10-9-11-13-23)22-41(28)31(43)29(34(2,3)4)38-33(45)49-35(5,6)7/h8-17,25,27-29,46H,1,18-22H2,2-7H3,(H,38,45)(H,39,42)(H,40,44)/t25-,28+,29-,36+,37-/m1/s1. The average molecular weight is 709 g/mol. The molecule has 4 amide bonds. The van der Waals surface area contributed by atoms with Crippen LogP contribution >= 0.6 is 0 Å². The lowest BCUT2D eigenvalue weighted by atomic mass is 9.85. The highest BCUT2D eigenvalue weighted by Crippen LogP contribution is 2.46. The summed E-state index contributed by atoms with van der Waals surface area (Å²) in [5, 5.41) is 16.9. The van der Waals surface area contributed by atoms with Gasteiger partial charge in [-0.2, -0.15) is 0 Å². The number of amides is 4. The Morgan fingerprint density at radius 1 is 0.960 bits per heavy atom. The first-order valence-corrected chi connectivity index (χ1v) is 18.4. The van der Waals surface area contributed by atoms with E-state index in [4.69, 9.17) is 4.74 Å². The molecule has 4 N–H and O–H groups in total. The molecule has 5 rings (SSSR count). The number of β-amino-alcohol motifs (C(OH)–C–C–N with tert-alkyl or cyclic N) is 1. The topological polar surface area (TPSA) is 171 Å². The van der Waals surface area contributed by atoms with E-state index in [0.717, 1.165) is 11.1 Å². The predicted octanol–water partition coefficient (Wildman–Crippen LogP) is 3.75. The molecule has 1 saturated heterocycles. The third-order valence-corrected chi connectivity index (χ3v) is 11.3. The lowest BCUT2D eigenvalue weighted by molar-refractivity contribution is -0.143. The van der Waals surface area contributed by atoms with Gasteiger partial charge in [0.1, 0.15) is 28.8 Å². The van der Waals surface area contributed by atoms with Crippen molar-refractivity contribution in [3.8, 4) is 11.1 Å². The van der Waals surface area contributed by atoms with Crippen molar-refractivity contribution in [3.63, 3.8) is 0 Å². The summed E-state index contributed by atoms with van der Waals surface area (Å²) in [5.74, 6) is -2.80. The number of alkyl carbamates (subject to hydrolysis) is 1. The van der Waals surface area contributed by atoms with Crippen LogP contribution in [0.4, 0.5) is 4.79 Å². The molecule has 0 unspecified atom stereocenters. The van der Waals surface area contributed by atoms with Crippen LogP contribution in [0.2, 0.25) is 0 Å². The molecule has 50 heavy (non-hydrogen) atoms. The Kier molecular flexibility index (Phi) is 9.74. The second kappa shape index (κ2) is 13.1. The molecule has 0 bridgehead atoms. The summed E-state index contributed by atoms with van der Waals surface area (Å²) in [5.41, 5.74) is -2.62. The lowest BCUT2D eigenvalue weighted by Crippen LogP contribution is -2.60. The van der Waals surface area contributed by atoms with Gasteiger partial charge in [0.2, 0.25) is 21.8 Å². The molecule has 12 nitrogen and oxygen atoms in total. The van der Waals surface area contributed by atoms with E-state index < -0.39 is 79.2 Å². The van der Waals surface area contributed by atoms with Crippen LogP contribution in [0.1, 0.15) is 72.8 Å². The third-order valence-electron chi connectivity index (χ3n) is 9.48. The molecule has 270 valence electrons. The summed E-state index contributed by atoms with van der Waals surface area (Å²) in [4.78, 5) is 56.3. The Balaban J connectivity index is 1.47. The number of nitrogens with one attached hydrogen (secondary N) is 3. The van der Waals surface area contributed by atoms with Crippen LogP contribution in [-0.4, -0.2) is 77.3 Å². The van der Waals surface area contributed by atoms with E-state index in [9.17, 15) is 32.7 Å². The summed E-state index contributed by atoms with van der Waals surface area (Å²) in [6.45, 7) is 13.8. The Labute approximate surface area is 294 Å². The Hall–Kier alpha value is -4.23. The zero-order chi connectivity index (χ0) is 36.9. The van der Waals surface area contributed by atoms with Crippen LogP contribution in [0.25, 0.3) is 11.1 Å². The molecule has 1 aliphatic heterocycles. The van der Waals surface area contributed by atoms with Crippen molar-refractivity contribution in [1.82, 2.24) is 20.3 Å². The van der Waals surface area contributed by atoms with Gasteiger partial charge in [0, 0.05) is 12.3 Å². The molecular formula is C37H48N4O8S. The minimum Gasteiger partial charge on any atom is -0.444 e. The second-order valence-corrected chi connectivity index (χ2v) is 17.7. The number of hydrogen-bond donors (Lipinski definition) is 4. The van der Waals surface area contributed by atoms with Crippen LogP contribution in [0.3, 0.4) is 0 Å². The van der Waals surface area contributed by atoms with Gasteiger partial charge in [-0.3, -0.25) is 19.1 Å². The van der Waals surface area contributed by atoms with Crippen LogP contribution in [-0.2, 0) is 34.7 Å². The summed E-state index contributed by atoms with van der Waals surface area (Å²) in [7, 11) is -3.91. The molecule has 2 aliphatic carbocycles. The van der Waals surface area contributed by atoms with Gasteiger partial charge in [0.05, 0.1) is 11.8 Å². The monoisotopic (exact) mass is 708 g/mol. The second-order valence-electron chi connectivity index (χ2n) is 15.8. The number of sulfonamides is 1.